The van der Waals surface area contributed by atoms with Crippen molar-refractivity contribution < 1.29 is 14.8 Å². The van der Waals surface area contributed by atoms with Crippen molar-refractivity contribution in [3.05, 3.63) is 73.9 Å². The number of fused-ring (bicyclic) bond motifs is 1. The van der Waals surface area contributed by atoms with E-state index in [-0.39, 0.29) is 25.1 Å². The van der Waals surface area contributed by atoms with Crippen molar-refractivity contribution in [3.8, 4) is 5.75 Å². The van der Waals surface area contributed by atoms with E-state index in [1.54, 1.807) is 12.1 Å². The number of nitro benzene ring substituents is 1. The van der Waals surface area contributed by atoms with Gasteiger partial charge in [-0.1, -0.05) is 29.8 Å². The minimum Gasteiger partial charge on any atom is -0.782 e. The number of non-ortho nitro benzene ring substituents is 1. The average Bonchev–Trinajstić information content (AvgIpc) is 2.60. The predicted molar refractivity (Wildman–Crippen MR) is 92.3 cm³/mol. The summed E-state index contributed by atoms with van der Waals surface area (Å²) in [5.41, 5.74) is 1.09. The summed E-state index contributed by atoms with van der Waals surface area (Å²) in [5.74, 6) is 0.410. The molecule has 0 saturated heterocycles. The van der Waals surface area contributed by atoms with Gasteiger partial charge in [0.25, 0.3) is 5.69 Å². The molecule has 3 rings (SSSR count). The molecule has 1 aliphatic rings. The molecule has 25 heavy (non-hydrogen) atoms. The van der Waals surface area contributed by atoms with Gasteiger partial charge < -0.3 is 20.1 Å². The molecule has 7 nitrogen and oxygen atoms in total. The number of hydrogen-bond acceptors (Lipinski definition) is 6. The number of hydroxylamine groups is 2. The van der Waals surface area contributed by atoms with E-state index in [9.17, 15) is 15.3 Å². The number of nitro groups is 1. The third kappa shape index (κ3) is 3.59. The summed E-state index contributed by atoms with van der Waals surface area (Å²) in [7, 11) is 0. The second-order valence-electron chi connectivity index (χ2n) is 5.74. The molecule has 0 amide bonds. The van der Waals surface area contributed by atoms with Crippen molar-refractivity contribution in [1.82, 2.24) is 5.06 Å². The molecule has 2 aromatic rings. The Morgan fingerprint density at radius 2 is 2.04 bits per heavy atom. The van der Waals surface area contributed by atoms with Crippen molar-refractivity contribution >= 4 is 17.3 Å². The van der Waals surface area contributed by atoms with Gasteiger partial charge in [-0.3, -0.25) is 10.1 Å². The Labute approximate surface area is 149 Å². The smallest absolute Gasteiger partial charge is 0.270 e. The van der Waals surface area contributed by atoms with Crippen LogP contribution in [0.15, 0.2) is 42.5 Å². The molecule has 0 bridgehead atoms. The first kappa shape index (κ1) is 17.6. The first-order valence-corrected chi connectivity index (χ1v) is 8.13. The fourth-order valence-electron chi connectivity index (χ4n) is 2.92. The Kier molecular flexibility index (Phi) is 5.19. The summed E-state index contributed by atoms with van der Waals surface area (Å²) in [5, 5.41) is 34.2. The van der Waals surface area contributed by atoms with Gasteiger partial charge in [-0.25, -0.2) is 0 Å². The first-order valence-electron chi connectivity index (χ1n) is 7.76. The van der Waals surface area contributed by atoms with Crippen LogP contribution >= 0.6 is 11.6 Å². The maximum absolute atomic E-state index is 12.7. The van der Waals surface area contributed by atoms with E-state index in [2.05, 4.69) is 0 Å². The Bertz CT molecular complexity index is 785. The van der Waals surface area contributed by atoms with Gasteiger partial charge in [0.05, 0.1) is 4.92 Å². The third-order valence-electron chi connectivity index (χ3n) is 4.16. The lowest BCUT2D eigenvalue weighted by molar-refractivity contribution is -0.385. The molecule has 1 N–H and O–H groups in total. The van der Waals surface area contributed by atoms with Gasteiger partial charge in [-0.2, -0.15) is 0 Å². The van der Waals surface area contributed by atoms with Crippen LogP contribution in [0.3, 0.4) is 0 Å². The topological polar surface area (TPSA) is 98.9 Å². The van der Waals surface area contributed by atoms with Crippen LogP contribution in [-0.2, 0) is 6.42 Å². The molecule has 0 aromatic heterocycles. The highest BCUT2D eigenvalue weighted by Gasteiger charge is 2.31. The van der Waals surface area contributed by atoms with Crippen molar-refractivity contribution in [2.45, 2.75) is 25.1 Å². The van der Waals surface area contributed by atoms with E-state index in [0.717, 1.165) is 10.6 Å². The molecule has 2 atom stereocenters. The van der Waals surface area contributed by atoms with Gasteiger partial charge in [-0.05, 0) is 24.1 Å². The highest BCUT2D eigenvalue weighted by molar-refractivity contribution is 6.31. The van der Waals surface area contributed by atoms with E-state index in [1.165, 1.54) is 18.2 Å². The van der Waals surface area contributed by atoms with E-state index in [1.807, 2.05) is 12.1 Å². The normalized spacial score (nSPS) is 20.0. The van der Waals surface area contributed by atoms with E-state index >= 15 is 0 Å². The number of hydrogen-bond donors (Lipinski definition) is 1. The molecule has 0 radical (unpaired) electrons. The van der Waals surface area contributed by atoms with Gasteiger partial charge in [0, 0.05) is 41.8 Å². The molecule has 1 aliphatic heterocycles. The molecule has 1 heterocycles. The highest BCUT2D eigenvalue weighted by Crippen LogP contribution is 2.41. The predicted octanol–water partition coefficient (Wildman–Crippen LogP) is 3.43. The molecule has 0 saturated carbocycles. The summed E-state index contributed by atoms with van der Waals surface area (Å²) in [6, 6.07) is 10.6. The Morgan fingerprint density at radius 1 is 1.28 bits per heavy atom. The Hall–Kier alpha value is -2.19. The number of nitrogens with zero attached hydrogens (tertiary/aromatic N) is 2. The number of rotatable bonds is 5. The second-order valence-corrected chi connectivity index (χ2v) is 6.14. The van der Waals surface area contributed by atoms with Crippen LogP contribution in [0.2, 0.25) is 5.02 Å². The summed E-state index contributed by atoms with van der Waals surface area (Å²) < 4.78 is 5.62. The Balaban J connectivity index is 2.02. The summed E-state index contributed by atoms with van der Waals surface area (Å²) in [4.78, 5) is 10.6. The monoisotopic (exact) mass is 363 g/mol. The van der Waals surface area contributed by atoms with Crippen LogP contribution in [0.5, 0.6) is 5.75 Å². The summed E-state index contributed by atoms with van der Waals surface area (Å²) >= 11 is 6.20. The number of halogens is 1. The van der Waals surface area contributed by atoms with E-state index < -0.39 is 17.2 Å². The van der Waals surface area contributed by atoms with Crippen molar-refractivity contribution in [2.75, 3.05) is 6.61 Å². The fourth-order valence-corrected chi connectivity index (χ4v) is 3.14. The third-order valence-corrected chi connectivity index (χ3v) is 4.53. The number of ether oxygens (including phenoxy) is 1. The lowest BCUT2D eigenvalue weighted by Crippen LogP contribution is -2.43. The first-order chi connectivity index (χ1) is 12.0. The summed E-state index contributed by atoms with van der Waals surface area (Å²) in [6.07, 6.45) is -0.437. The van der Waals surface area contributed by atoms with Crippen molar-refractivity contribution in [3.63, 3.8) is 0 Å². The molecule has 132 valence electrons. The van der Waals surface area contributed by atoms with Crippen molar-refractivity contribution in [2.24, 2.45) is 0 Å². The minimum absolute atomic E-state index is 0.111. The number of aliphatic hydroxyl groups is 1. The molecule has 2 aromatic carbocycles. The van der Waals surface area contributed by atoms with Gasteiger partial charge >= 0.3 is 0 Å². The highest BCUT2D eigenvalue weighted by atomic mass is 35.5. The zero-order valence-electron chi connectivity index (χ0n) is 13.2. The average molecular weight is 364 g/mol. The minimum atomic E-state index is -0.855. The maximum atomic E-state index is 12.7. The van der Waals surface area contributed by atoms with Crippen LogP contribution in [0, 0.1) is 15.3 Å². The molecular weight excluding hydrogens is 348 g/mol. The zero-order chi connectivity index (χ0) is 18.0. The van der Waals surface area contributed by atoms with Gasteiger partial charge in [0.2, 0.25) is 0 Å². The SMILES string of the molecule is O=[N+]([O-])c1ccc2c(c1)C(Cc1ccccc1Cl)N([O-])C(CCO)O2. The molecule has 2 unspecified atom stereocenters. The molecule has 0 aliphatic carbocycles. The fraction of sp³-hybridized carbons (Fsp3) is 0.294. The molecular formula is C17H16ClN2O5-. The quantitative estimate of drug-likeness (QED) is 0.645. The molecule has 0 spiro atoms. The zero-order valence-corrected chi connectivity index (χ0v) is 13.9. The van der Waals surface area contributed by atoms with E-state index in [4.69, 9.17) is 21.4 Å². The van der Waals surface area contributed by atoms with Crippen LogP contribution in [-0.4, -0.2) is 27.9 Å². The Morgan fingerprint density at radius 3 is 2.72 bits per heavy atom. The van der Waals surface area contributed by atoms with E-state index in [0.29, 0.717) is 16.3 Å². The van der Waals surface area contributed by atoms with Crippen LogP contribution < -0.4 is 4.74 Å². The maximum Gasteiger partial charge on any atom is 0.270 e. The van der Waals surface area contributed by atoms with Gasteiger partial charge in [-0.15, -0.1) is 0 Å². The summed E-state index contributed by atoms with van der Waals surface area (Å²) in [6.45, 7) is -0.204. The van der Waals surface area contributed by atoms with Gasteiger partial charge in [0.1, 0.15) is 12.0 Å². The largest absolute Gasteiger partial charge is 0.782 e. The number of benzene rings is 2. The lowest BCUT2D eigenvalue weighted by Gasteiger charge is -2.47. The van der Waals surface area contributed by atoms with Crippen molar-refractivity contribution in [1.29, 1.82) is 0 Å². The van der Waals surface area contributed by atoms with Gasteiger partial charge in [0.15, 0.2) is 0 Å². The lowest BCUT2D eigenvalue weighted by atomic mass is 9.95. The standard InChI is InChI=1S/C17H16ClN2O5/c18-14-4-2-1-3-11(14)9-15-13-10-12(20(23)24)5-6-16(13)25-17(7-8-21)19(15)22/h1-6,10,15,17,21H,7-9H2/q-1. The molecule has 8 heteroatoms. The van der Waals surface area contributed by atoms with Crippen LogP contribution in [0.1, 0.15) is 23.6 Å². The number of aliphatic hydroxyl groups excluding tert-OH is 1. The van der Waals surface area contributed by atoms with Crippen LogP contribution in [0.25, 0.3) is 0 Å². The second kappa shape index (κ2) is 7.37. The van der Waals surface area contributed by atoms with Crippen LogP contribution in [0.4, 0.5) is 5.69 Å². The molecule has 0 fully saturated rings.